The third-order valence-corrected chi connectivity index (χ3v) is 3.96. The van der Waals surface area contributed by atoms with Gasteiger partial charge in [-0.05, 0) is 37.6 Å². The summed E-state index contributed by atoms with van der Waals surface area (Å²) >= 11 is 0. The monoisotopic (exact) mass is 386 g/mol. The van der Waals surface area contributed by atoms with Crippen LogP contribution in [0, 0.1) is 0 Å². The van der Waals surface area contributed by atoms with Gasteiger partial charge in [0, 0.05) is 18.1 Å². The van der Waals surface area contributed by atoms with E-state index in [1.54, 1.807) is 13.1 Å². The van der Waals surface area contributed by atoms with E-state index in [1.807, 2.05) is 55.5 Å². The molecule has 3 aromatic rings. The van der Waals surface area contributed by atoms with Crippen LogP contribution >= 0.6 is 12.4 Å². The molecule has 0 amide bonds. The molecule has 1 N–H and O–H groups in total. The largest absolute Gasteiger partial charge is 0.494 e. The van der Waals surface area contributed by atoms with Crippen LogP contribution in [0.25, 0.3) is 10.9 Å². The number of anilines is 1. The molecule has 3 rings (SSSR count). The van der Waals surface area contributed by atoms with E-state index < -0.39 is 0 Å². The summed E-state index contributed by atoms with van der Waals surface area (Å²) in [7, 11) is 0. The van der Waals surface area contributed by atoms with Crippen molar-refractivity contribution in [3.8, 4) is 5.75 Å². The minimum atomic E-state index is -0.390. The first-order chi connectivity index (χ1) is 12.7. The Balaban J connectivity index is 0.00000261. The molecule has 5 nitrogen and oxygen atoms in total. The standard InChI is InChI=1S/C21H22N2O3.ClH/c1-3-25-16-10-11-19-17(12-16)20(18(14-22-19)21(24)26-4-2)23-13-15-8-6-5-7-9-15;/h5-12,14H,3-4,13H2,1-2H3,(H,22,23);1H. The summed E-state index contributed by atoms with van der Waals surface area (Å²) in [5.74, 6) is 0.352. The van der Waals surface area contributed by atoms with E-state index in [-0.39, 0.29) is 18.4 Å². The number of esters is 1. The molecule has 6 heteroatoms. The van der Waals surface area contributed by atoms with Crippen molar-refractivity contribution in [2.75, 3.05) is 18.5 Å². The summed E-state index contributed by atoms with van der Waals surface area (Å²) in [6, 6.07) is 15.7. The molecule has 27 heavy (non-hydrogen) atoms. The zero-order valence-corrected chi connectivity index (χ0v) is 16.2. The Bertz CT molecular complexity index is 901. The van der Waals surface area contributed by atoms with Gasteiger partial charge in [-0.1, -0.05) is 30.3 Å². The fourth-order valence-corrected chi connectivity index (χ4v) is 2.77. The van der Waals surface area contributed by atoms with E-state index in [0.29, 0.717) is 31.0 Å². The molecule has 0 saturated carbocycles. The molecular formula is C21H23ClN2O3. The van der Waals surface area contributed by atoms with Crippen molar-refractivity contribution in [2.24, 2.45) is 0 Å². The molecule has 0 bridgehead atoms. The second-order valence-electron chi connectivity index (χ2n) is 5.72. The lowest BCUT2D eigenvalue weighted by molar-refractivity contribution is 0.0527. The number of nitrogens with zero attached hydrogens (tertiary/aromatic N) is 1. The first kappa shape index (κ1) is 20.5. The van der Waals surface area contributed by atoms with Crippen molar-refractivity contribution >= 4 is 35.0 Å². The van der Waals surface area contributed by atoms with Gasteiger partial charge in [0.25, 0.3) is 0 Å². The van der Waals surface area contributed by atoms with Gasteiger partial charge in [-0.2, -0.15) is 0 Å². The Kier molecular flexibility index (Phi) is 7.44. The zero-order valence-electron chi connectivity index (χ0n) is 15.4. The number of benzene rings is 2. The average Bonchev–Trinajstić information content (AvgIpc) is 2.67. The van der Waals surface area contributed by atoms with E-state index in [2.05, 4.69) is 10.3 Å². The van der Waals surface area contributed by atoms with Crippen LogP contribution in [-0.2, 0) is 11.3 Å². The molecule has 0 saturated heterocycles. The number of nitrogens with one attached hydrogen (secondary N) is 1. The summed E-state index contributed by atoms with van der Waals surface area (Å²) in [6.45, 7) is 5.20. The molecule has 0 fully saturated rings. The second kappa shape index (κ2) is 9.78. The Morgan fingerprint density at radius 1 is 1.07 bits per heavy atom. The quantitative estimate of drug-likeness (QED) is 0.588. The fourth-order valence-electron chi connectivity index (χ4n) is 2.77. The molecule has 0 aliphatic carbocycles. The Morgan fingerprint density at radius 2 is 1.85 bits per heavy atom. The highest BCUT2D eigenvalue weighted by Gasteiger charge is 2.17. The molecule has 1 heterocycles. The highest BCUT2D eigenvalue weighted by atomic mass is 35.5. The minimum absolute atomic E-state index is 0. The highest BCUT2D eigenvalue weighted by Crippen LogP contribution is 2.30. The van der Waals surface area contributed by atoms with Crippen molar-refractivity contribution in [3.05, 3.63) is 65.9 Å². The normalized spacial score (nSPS) is 10.1. The van der Waals surface area contributed by atoms with Gasteiger partial charge in [-0.3, -0.25) is 4.98 Å². The number of halogens is 1. The van der Waals surface area contributed by atoms with Gasteiger partial charge in [-0.25, -0.2) is 4.79 Å². The SMILES string of the molecule is CCOC(=O)c1cnc2ccc(OCC)cc2c1NCc1ccccc1.Cl. The van der Waals surface area contributed by atoms with Gasteiger partial charge in [0.2, 0.25) is 0 Å². The molecular weight excluding hydrogens is 364 g/mol. The lowest BCUT2D eigenvalue weighted by Gasteiger charge is -2.15. The summed E-state index contributed by atoms with van der Waals surface area (Å²) in [6.07, 6.45) is 1.56. The van der Waals surface area contributed by atoms with Crippen LogP contribution in [0.2, 0.25) is 0 Å². The van der Waals surface area contributed by atoms with Gasteiger partial charge in [0.05, 0.1) is 24.4 Å². The molecule has 0 unspecified atom stereocenters. The molecule has 0 spiro atoms. The van der Waals surface area contributed by atoms with Crippen LogP contribution in [-0.4, -0.2) is 24.2 Å². The van der Waals surface area contributed by atoms with Crippen LogP contribution in [0.5, 0.6) is 5.75 Å². The number of aromatic nitrogens is 1. The number of carbonyl (C=O) groups is 1. The van der Waals surface area contributed by atoms with Crippen molar-refractivity contribution in [1.82, 2.24) is 4.98 Å². The number of pyridine rings is 1. The van der Waals surface area contributed by atoms with Crippen LogP contribution in [0.1, 0.15) is 29.8 Å². The fraction of sp³-hybridized carbons (Fsp3) is 0.238. The van der Waals surface area contributed by atoms with E-state index in [0.717, 1.165) is 22.2 Å². The highest BCUT2D eigenvalue weighted by molar-refractivity contribution is 6.05. The molecule has 0 aliphatic rings. The van der Waals surface area contributed by atoms with Crippen molar-refractivity contribution in [3.63, 3.8) is 0 Å². The molecule has 2 aromatic carbocycles. The lowest BCUT2D eigenvalue weighted by atomic mass is 10.1. The van der Waals surface area contributed by atoms with Gasteiger partial charge in [0.1, 0.15) is 11.3 Å². The van der Waals surface area contributed by atoms with Crippen molar-refractivity contribution in [1.29, 1.82) is 0 Å². The maximum absolute atomic E-state index is 12.4. The molecule has 0 radical (unpaired) electrons. The predicted octanol–water partition coefficient (Wildman–Crippen LogP) is 4.84. The van der Waals surface area contributed by atoms with E-state index in [1.165, 1.54) is 0 Å². The van der Waals surface area contributed by atoms with Crippen molar-refractivity contribution in [2.45, 2.75) is 20.4 Å². The Labute approximate surface area is 165 Å². The van der Waals surface area contributed by atoms with Gasteiger partial charge in [-0.15, -0.1) is 12.4 Å². The predicted molar refractivity (Wildman–Crippen MR) is 110 cm³/mol. The molecule has 0 atom stereocenters. The van der Waals surface area contributed by atoms with Crippen molar-refractivity contribution < 1.29 is 14.3 Å². The maximum Gasteiger partial charge on any atom is 0.341 e. The minimum Gasteiger partial charge on any atom is -0.494 e. The Morgan fingerprint density at radius 3 is 2.56 bits per heavy atom. The van der Waals surface area contributed by atoms with E-state index >= 15 is 0 Å². The number of hydrogen-bond acceptors (Lipinski definition) is 5. The third-order valence-electron chi connectivity index (χ3n) is 3.96. The zero-order chi connectivity index (χ0) is 18.4. The van der Waals surface area contributed by atoms with Gasteiger partial charge >= 0.3 is 5.97 Å². The van der Waals surface area contributed by atoms with E-state index in [4.69, 9.17) is 9.47 Å². The van der Waals surface area contributed by atoms with Gasteiger partial charge in [0.15, 0.2) is 0 Å². The maximum atomic E-state index is 12.4. The number of fused-ring (bicyclic) bond motifs is 1. The summed E-state index contributed by atoms with van der Waals surface area (Å²) in [4.78, 5) is 16.8. The number of hydrogen-bond donors (Lipinski definition) is 1. The summed E-state index contributed by atoms with van der Waals surface area (Å²) in [5.41, 5.74) is 3.04. The number of rotatable bonds is 7. The van der Waals surface area contributed by atoms with Gasteiger partial charge < -0.3 is 14.8 Å². The average molecular weight is 387 g/mol. The van der Waals surface area contributed by atoms with Crippen LogP contribution < -0.4 is 10.1 Å². The Hall–Kier alpha value is -2.79. The third kappa shape index (κ3) is 4.89. The van der Waals surface area contributed by atoms with E-state index in [9.17, 15) is 4.79 Å². The number of carbonyl (C=O) groups excluding carboxylic acids is 1. The molecule has 1 aromatic heterocycles. The number of ether oxygens (including phenoxy) is 2. The second-order valence-corrected chi connectivity index (χ2v) is 5.72. The molecule has 142 valence electrons. The van der Waals surface area contributed by atoms with Crippen LogP contribution in [0.15, 0.2) is 54.7 Å². The first-order valence-electron chi connectivity index (χ1n) is 8.73. The first-order valence-corrected chi connectivity index (χ1v) is 8.73. The molecule has 0 aliphatic heterocycles. The smallest absolute Gasteiger partial charge is 0.341 e. The summed E-state index contributed by atoms with van der Waals surface area (Å²) in [5, 5.41) is 4.22. The van der Waals surface area contributed by atoms with Crippen LogP contribution in [0.4, 0.5) is 5.69 Å². The summed E-state index contributed by atoms with van der Waals surface area (Å²) < 4.78 is 10.8. The lowest BCUT2D eigenvalue weighted by Crippen LogP contribution is -2.11. The van der Waals surface area contributed by atoms with Crippen LogP contribution in [0.3, 0.4) is 0 Å². The topological polar surface area (TPSA) is 60.5 Å².